The van der Waals surface area contributed by atoms with Crippen molar-refractivity contribution < 1.29 is 0 Å². The van der Waals surface area contributed by atoms with E-state index in [1.54, 1.807) is 0 Å². The lowest BCUT2D eigenvalue weighted by molar-refractivity contribution is 0.729. The minimum atomic E-state index is 0. The summed E-state index contributed by atoms with van der Waals surface area (Å²) in [6.45, 7) is 1.99. The Morgan fingerprint density at radius 2 is 2.30 bits per heavy atom. The van der Waals surface area contributed by atoms with Crippen molar-refractivity contribution in [2.24, 2.45) is 7.05 Å². The van der Waals surface area contributed by atoms with Gasteiger partial charge in [0.1, 0.15) is 0 Å². The number of aryl methyl sites for hydroxylation is 2. The standard InChI is InChI=1S/C6H9BrN2.BrH/c1-5-3-6(4-7)9(2)8-5;/h3H,4H2,1-2H3;1H. The summed E-state index contributed by atoms with van der Waals surface area (Å²) in [4.78, 5) is 0. The predicted molar refractivity (Wildman–Crippen MR) is 50.9 cm³/mol. The molecule has 0 amide bonds. The van der Waals surface area contributed by atoms with E-state index >= 15 is 0 Å². The lowest BCUT2D eigenvalue weighted by Crippen LogP contribution is -1.94. The van der Waals surface area contributed by atoms with E-state index in [1.807, 2.05) is 18.7 Å². The molecule has 1 aromatic rings. The number of aromatic nitrogens is 2. The predicted octanol–water partition coefficient (Wildman–Crippen LogP) is 2.20. The second-order valence-corrected chi connectivity index (χ2v) is 2.60. The van der Waals surface area contributed by atoms with Crippen LogP contribution in [0.2, 0.25) is 0 Å². The molecule has 10 heavy (non-hydrogen) atoms. The number of nitrogens with zero attached hydrogens (tertiary/aromatic N) is 2. The summed E-state index contributed by atoms with van der Waals surface area (Å²) < 4.78 is 1.88. The maximum atomic E-state index is 4.17. The van der Waals surface area contributed by atoms with Gasteiger partial charge in [-0.15, -0.1) is 17.0 Å². The first-order valence-electron chi connectivity index (χ1n) is 2.79. The Hall–Kier alpha value is 0.170. The lowest BCUT2D eigenvalue weighted by atomic mass is 10.4. The highest BCUT2D eigenvalue weighted by molar-refractivity contribution is 9.08. The van der Waals surface area contributed by atoms with Crippen molar-refractivity contribution in [3.05, 3.63) is 17.5 Å². The van der Waals surface area contributed by atoms with Crippen LogP contribution in [-0.4, -0.2) is 9.78 Å². The van der Waals surface area contributed by atoms with Gasteiger partial charge in [0, 0.05) is 18.1 Å². The van der Waals surface area contributed by atoms with E-state index in [0.717, 1.165) is 11.0 Å². The topological polar surface area (TPSA) is 17.8 Å². The maximum absolute atomic E-state index is 4.17. The molecule has 0 saturated heterocycles. The average molecular weight is 270 g/mol. The summed E-state index contributed by atoms with van der Waals surface area (Å²) in [6, 6.07) is 2.06. The SMILES string of the molecule is Br.Cc1cc(CBr)n(C)n1. The largest absolute Gasteiger partial charge is 0.272 e. The fourth-order valence-corrected chi connectivity index (χ4v) is 1.31. The second kappa shape index (κ2) is 4.13. The van der Waals surface area contributed by atoms with E-state index < -0.39 is 0 Å². The summed E-state index contributed by atoms with van der Waals surface area (Å²) in [5.74, 6) is 0. The molecule has 0 aliphatic heterocycles. The van der Waals surface area contributed by atoms with E-state index in [-0.39, 0.29) is 17.0 Å². The zero-order chi connectivity index (χ0) is 6.85. The zero-order valence-electron chi connectivity index (χ0n) is 5.97. The summed E-state index contributed by atoms with van der Waals surface area (Å²) in [7, 11) is 1.95. The minimum Gasteiger partial charge on any atom is -0.272 e. The first-order chi connectivity index (χ1) is 4.24. The van der Waals surface area contributed by atoms with Crippen LogP contribution >= 0.6 is 32.9 Å². The van der Waals surface area contributed by atoms with Crippen molar-refractivity contribution in [1.29, 1.82) is 0 Å². The molecule has 0 N–H and O–H groups in total. The first-order valence-corrected chi connectivity index (χ1v) is 3.91. The number of alkyl halides is 1. The van der Waals surface area contributed by atoms with E-state index in [1.165, 1.54) is 5.69 Å². The Balaban J connectivity index is 0.000000810. The summed E-state index contributed by atoms with van der Waals surface area (Å²) in [6.07, 6.45) is 0. The van der Waals surface area contributed by atoms with Crippen LogP contribution in [0.15, 0.2) is 6.07 Å². The van der Waals surface area contributed by atoms with Gasteiger partial charge in [0.15, 0.2) is 0 Å². The minimum absolute atomic E-state index is 0. The molecule has 0 aromatic carbocycles. The molecule has 1 heterocycles. The average Bonchev–Trinajstić information content (AvgIpc) is 2.10. The number of hydrogen-bond acceptors (Lipinski definition) is 1. The maximum Gasteiger partial charge on any atom is 0.0596 e. The molecule has 4 heteroatoms. The van der Waals surface area contributed by atoms with Crippen LogP contribution in [0.4, 0.5) is 0 Å². The van der Waals surface area contributed by atoms with Crippen LogP contribution < -0.4 is 0 Å². The third kappa shape index (κ3) is 2.09. The van der Waals surface area contributed by atoms with Gasteiger partial charge in [0.05, 0.1) is 5.69 Å². The van der Waals surface area contributed by atoms with E-state index in [2.05, 4.69) is 27.1 Å². The van der Waals surface area contributed by atoms with Crippen LogP contribution in [-0.2, 0) is 12.4 Å². The number of halogens is 2. The van der Waals surface area contributed by atoms with Crippen LogP contribution in [0.5, 0.6) is 0 Å². The second-order valence-electron chi connectivity index (χ2n) is 2.03. The fourth-order valence-electron chi connectivity index (χ4n) is 0.789. The highest BCUT2D eigenvalue weighted by Crippen LogP contribution is 2.05. The van der Waals surface area contributed by atoms with Crippen LogP contribution in [0.3, 0.4) is 0 Å². The van der Waals surface area contributed by atoms with Gasteiger partial charge in [-0.2, -0.15) is 5.10 Å². The normalized spacial score (nSPS) is 9.10. The highest BCUT2D eigenvalue weighted by Gasteiger charge is 1.96. The molecule has 0 bridgehead atoms. The molecule has 0 fully saturated rings. The molecule has 0 aliphatic rings. The Morgan fingerprint density at radius 1 is 1.70 bits per heavy atom. The van der Waals surface area contributed by atoms with Crippen molar-refractivity contribution in [3.8, 4) is 0 Å². The molecule has 1 aromatic heterocycles. The van der Waals surface area contributed by atoms with E-state index in [4.69, 9.17) is 0 Å². The van der Waals surface area contributed by atoms with Crippen molar-refractivity contribution in [1.82, 2.24) is 9.78 Å². The summed E-state index contributed by atoms with van der Waals surface area (Å²) in [5, 5.41) is 5.05. The number of hydrogen-bond donors (Lipinski definition) is 0. The summed E-state index contributed by atoms with van der Waals surface area (Å²) >= 11 is 3.36. The zero-order valence-corrected chi connectivity index (χ0v) is 9.26. The van der Waals surface area contributed by atoms with E-state index in [9.17, 15) is 0 Å². The molecular formula is C6H10Br2N2. The van der Waals surface area contributed by atoms with Crippen molar-refractivity contribution in [3.63, 3.8) is 0 Å². The molecule has 0 aliphatic carbocycles. The molecule has 58 valence electrons. The quantitative estimate of drug-likeness (QED) is 0.715. The van der Waals surface area contributed by atoms with Crippen molar-refractivity contribution in [2.45, 2.75) is 12.3 Å². The molecular weight excluding hydrogens is 260 g/mol. The van der Waals surface area contributed by atoms with E-state index in [0.29, 0.717) is 0 Å². The van der Waals surface area contributed by atoms with Gasteiger partial charge in [-0.05, 0) is 13.0 Å². The van der Waals surface area contributed by atoms with Crippen LogP contribution in [0, 0.1) is 6.92 Å². The smallest absolute Gasteiger partial charge is 0.0596 e. The van der Waals surface area contributed by atoms with Gasteiger partial charge < -0.3 is 0 Å². The van der Waals surface area contributed by atoms with Crippen LogP contribution in [0.25, 0.3) is 0 Å². The van der Waals surface area contributed by atoms with Crippen LogP contribution in [0.1, 0.15) is 11.4 Å². The molecule has 0 radical (unpaired) electrons. The monoisotopic (exact) mass is 268 g/mol. The van der Waals surface area contributed by atoms with Gasteiger partial charge in [-0.1, -0.05) is 15.9 Å². The fraction of sp³-hybridized carbons (Fsp3) is 0.500. The summed E-state index contributed by atoms with van der Waals surface area (Å²) in [5.41, 5.74) is 2.29. The van der Waals surface area contributed by atoms with Gasteiger partial charge in [-0.25, -0.2) is 0 Å². The Bertz CT molecular complexity index is 208. The Labute approximate surface area is 79.5 Å². The third-order valence-electron chi connectivity index (χ3n) is 1.24. The molecule has 0 atom stereocenters. The lowest BCUT2D eigenvalue weighted by Gasteiger charge is -1.91. The highest BCUT2D eigenvalue weighted by atomic mass is 79.9. The third-order valence-corrected chi connectivity index (χ3v) is 1.81. The molecule has 0 spiro atoms. The van der Waals surface area contributed by atoms with Gasteiger partial charge in [0.25, 0.3) is 0 Å². The molecule has 1 rings (SSSR count). The van der Waals surface area contributed by atoms with Crippen molar-refractivity contribution >= 4 is 32.9 Å². The van der Waals surface area contributed by atoms with Gasteiger partial charge in [0.2, 0.25) is 0 Å². The van der Waals surface area contributed by atoms with Gasteiger partial charge in [-0.3, -0.25) is 4.68 Å². The first kappa shape index (κ1) is 10.2. The Kier molecular flexibility index (Phi) is 4.20. The molecule has 0 unspecified atom stereocenters. The molecule has 2 nitrogen and oxygen atoms in total. The molecule has 0 saturated carbocycles. The number of rotatable bonds is 1. The Morgan fingerprint density at radius 3 is 2.50 bits per heavy atom. The van der Waals surface area contributed by atoms with Gasteiger partial charge >= 0.3 is 0 Å². The van der Waals surface area contributed by atoms with Crippen molar-refractivity contribution in [2.75, 3.05) is 0 Å².